The first-order valence-corrected chi connectivity index (χ1v) is 6.67. The molecule has 1 heterocycles. The lowest BCUT2D eigenvalue weighted by molar-refractivity contribution is 0.112. The minimum Gasteiger partial charge on any atom is -0.497 e. The summed E-state index contributed by atoms with van der Waals surface area (Å²) in [5.41, 5.74) is 7.84. The average molecular weight is 288 g/mol. The van der Waals surface area contributed by atoms with Crippen LogP contribution < -0.4 is 10.5 Å². The quantitative estimate of drug-likeness (QED) is 0.816. The average Bonchev–Trinajstić information content (AvgIpc) is 2.81. The molecule has 0 bridgehead atoms. The molecule has 0 radical (unpaired) electrons. The molecule has 0 saturated heterocycles. The topological polar surface area (TPSA) is 73.4 Å². The van der Waals surface area contributed by atoms with E-state index in [1.807, 2.05) is 43.3 Å². The summed E-state index contributed by atoms with van der Waals surface area (Å²) < 4.78 is 6.87. The Morgan fingerprint density at radius 3 is 2.81 bits per heavy atom. The zero-order chi connectivity index (χ0) is 15.4. The van der Waals surface area contributed by atoms with Crippen molar-refractivity contribution in [2.24, 2.45) is 0 Å². The molecule has 0 aliphatic carbocycles. The van der Waals surface area contributed by atoms with Gasteiger partial charge in [-0.15, -0.1) is 0 Å². The van der Waals surface area contributed by atoms with E-state index in [0.29, 0.717) is 29.4 Å². The lowest BCUT2D eigenvalue weighted by Crippen LogP contribution is -2.20. The van der Waals surface area contributed by atoms with E-state index in [2.05, 4.69) is 5.10 Å². The minimum atomic E-state index is 0.393. The van der Waals surface area contributed by atoms with Crippen molar-refractivity contribution >= 4 is 12.1 Å². The molecule has 0 aliphatic heterocycles. The summed E-state index contributed by atoms with van der Waals surface area (Å²) >= 11 is 0. The fraction of sp³-hybridized carbons (Fsp3) is 0.333. The Labute approximate surface area is 124 Å². The predicted octanol–water partition coefficient (Wildman–Crippen LogP) is 1.51. The number of nitrogens with zero attached hydrogens (tertiary/aromatic N) is 3. The smallest absolute Gasteiger partial charge is 0.156 e. The Morgan fingerprint density at radius 1 is 1.43 bits per heavy atom. The van der Waals surface area contributed by atoms with Gasteiger partial charge in [-0.3, -0.25) is 4.79 Å². The summed E-state index contributed by atoms with van der Waals surface area (Å²) in [5, 5.41) is 4.48. The van der Waals surface area contributed by atoms with Gasteiger partial charge in [-0.25, -0.2) is 4.68 Å². The van der Waals surface area contributed by atoms with Crippen LogP contribution in [0.1, 0.15) is 10.4 Å². The van der Waals surface area contributed by atoms with E-state index in [4.69, 9.17) is 10.5 Å². The molecule has 0 fully saturated rings. The molecule has 6 heteroatoms. The second kappa shape index (κ2) is 6.41. The number of methoxy groups -OCH3 is 1. The van der Waals surface area contributed by atoms with Crippen LogP contribution in [0, 0.1) is 0 Å². The molecule has 2 aromatic rings. The number of rotatable bonds is 6. The number of nitrogen functional groups attached to an aromatic ring is 1. The normalized spacial score (nSPS) is 10.9. The van der Waals surface area contributed by atoms with Crippen molar-refractivity contribution in [2.45, 2.75) is 6.54 Å². The fourth-order valence-corrected chi connectivity index (χ4v) is 2.05. The molecule has 2 N–H and O–H groups in total. The minimum absolute atomic E-state index is 0.393. The second-order valence-corrected chi connectivity index (χ2v) is 5.02. The monoisotopic (exact) mass is 288 g/mol. The van der Waals surface area contributed by atoms with Gasteiger partial charge in [0.2, 0.25) is 0 Å². The molecular weight excluding hydrogens is 268 g/mol. The van der Waals surface area contributed by atoms with Crippen LogP contribution in [0.3, 0.4) is 0 Å². The van der Waals surface area contributed by atoms with E-state index in [0.717, 1.165) is 18.4 Å². The van der Waals surface area contributed by atoms with Crippen LogP contribution in [-0.4, -0.2) is 48.7 Å². The molecule has 21 heavy (non-hydrogen) atoms. The molecule has 0 atom stereocenters. The molecule has 112 valence electrons. The van der Waals surface area contributed by atoms with Crippen molar-refractivity contribution in [3.63, 3.8) is 0 Å². The number of hydrogen-bond acceptors (Lipinski definition) is 5. The van der Waals surface area contributed by atoms with E-state index in [1.54, 1.807) is 11.8 Å². The van der Waals surface area contributed by atoms with Gasteiger partial charge in [0.05, 0.1) is 19.2 Å². The molecule has 0 unspecified atom stereocenters. The van der Waals surface area contributed by atoms with Gasteiger partial charge < -0.3 is 15.4 Å². The highest BCUT2D eigenvalue weighted by Gasteiger charge is 2.17. The van der Waals surface area contributed by atoms with Crippen LogP contribution >= 0.6 is 0 Å². The van der Waals surface area contributed by atoms with Crippen LogP contribution in [0.2, 0.25) is 0 Å². The molecule has 0 saturated carbocycles. The Hall–Kier alpha value is -2.34. The first-order chi connectivity index (χ1) is 10.1. The molecule has 0 amide bonds. The third-order valence-electron chi connectivity index (χ3n) is 3.25. The third-order valence-corrected chi connectivity index (χ3v) is 3.25. The molecular formula is C15H20N4O2. The van der Waals surface area contributed by atoms with Gasteiger partial charge in [-0.1, -0.05) is 12.1 Å². The number of benzene rings is 1. The first-order valence-electron chi connectivity index (χ1n) is 6.67. The number of likely N-dealkylation sites (N-methyl/N-ethyl adjacent to an activating group) is 1. The van der Waals surface area contributed by atoms with Crippen molar-refractivity contribution in [2.75, 3.05) is 33.5 Å². The number of aromatic nitrogens is 2. The Morgan fingerprint density at radius 2 is 2.19 bits per heavy atom. The maximum atomic E-state index is 11.4. The van der Waals surface area contributed by atoms with Gasteiger partial charge in [0.1, 0.15) is 17.3 Å². The van der Waals surface area contributed by atoms with Gasteiger partial charge >= 0.3 is 0 Å². The number of aldehydes is 1. The summed E-state index contributed by atoms with van der Waals surface area (Å²) in [4.78, 5) is 13.4. The number of ether oxygens (including phenoxy) is 1. The molecule has 6 nitrogen and oxygen atoms in total. The van der Waals surface area contributed by atoms with Crippen LogP contribution in [0.4, 0.5) is 5.82 Å². The predicted molar refractivity (Wildman–Crippen MR) is 82.6 cm³/mol. The second-order valence-electron chi connectivity index (χ2n) is 5.02. The summed E-state index contributed by atoms with van der Waals surface area (Å²) in [7, 11) is 5.55. The van der Waals surface area contributed by atoms with Gasteiger partial charge in [0, 0.05) is 12.1 Å². The zero-order valence-corrected chi connectivity index (χ0v) is 12.5. The summed E-state index contributed by atoms with van der Waals surface area (Å²) in [5.74, 6) is 1.11. The highest BCUT2D eigenvalue weighted by Crippen LogP contribution is 2.28. The number of carbonyl (C=O) groups excluding carboxylic acids is 1. The summed E-state index contributed by atoms with van der Waals surface area (Å²) in [6.07, 6.45) is 0.753. The van der Waals surface area contributed by atoms with E-state index in [9.17, 15) is 4.79 Å². The zero-order valence-electron chi connectivity index (χ0n) is 12.5. The Kier molecular flexibility index (Phi) is 4.59. The molecule has 1 aromatic carbocycles. The van der Waals surface area contributed by atoms with Crippen LogP contribution in [0.5, 0.6) is 5.75 Å². The van der Waals surface area contributed by atoms with Crippen molar-refractivity contribution in [1.82, 2.24) is 14.7 Å². The van der Waals surface area contributed by atoms with E-state index in [-0.39, 0.29) is 0 Å². The largest absolute Gasteiger partial charge is 0.497 e. The van der Waals surface area contributed by atoms with Crippen LogP contribution in [0.15, 0.2) is 24.3 Å². The van der Waals surface area contributed by atoms with Crippen molar-refractivity contribution in [1.29, 1.82) is 0 Å². The van der Waals surface area contributed by atoms with Crippen molar-refractivity contribution in [3.05, 3.63) is 29.8 Å². The fourth-order valence-electron chi connectivity index (χ4n) is 2.05. The van der Waals surface area contributed by atoms with Crippen LogP contribution in [-0.2, 0) is 6.54 Å². The number of carbonyl (C=O) groups is 1. The first kappa shape index (κ1) is 15.1. The lowest BCUT2D eigenvalue weighted by atomic mass is 10.1. The highest BCUT2D eigenvalue weighted by atomic mass is 16.5. The van der Waals surface area contributed by atoms with Crippen molar-refractivity contribution in [3.8, 4) is 17.0 Å². The van der Waals surface area contributed by atoms with Gasteiger partial charge in [0.15, 0.2) is 6.29 Å². The molecule has 0 spiro atoms. The lowest BCUT2D eigenvalue weighted by Gasteiger charge is -2.10. The van der Waals surface area contributed by atoms with Gasteiger partial charge in [-0.2, -0.15) is 5.10 Å². The maximum Gasteiger partial charge on any atom is 0.156 e. The highest BCUT2D eigenvalue weighted by molar-refractivity contribution is 5.91. The van der Waals surface area contributed by atoms with E-state index >= 15 is 0 Å². The number of anilines is 1. The maximum absolute atomic E-state index is 11.4. The SMILES string of the molecule is COc1cccc(-c2nn(CCN(C)C)c(N)c2C=O)c1. The van der Waals surface area contributed by atoms with Crippen LogP contribution in [0.25, 0.3) is 11.3 Å². The molecule has 2 rings (SSSR count). The van der Waals surface area contributed by atoms with Gasteiger partial charge in [-0.05, 0) is 26.2 Å². The Bertz CT molecular complexity index is 635. The molecule has 0 aliphatic rings. The molecule has 1 aromatic heterocycles. The standard InChI is InChI=1S/C15H20N4O2/c1-18(2)7-8-19-15(16)13(10-20)14(17-19)11-5-4-6-12(9-11)21-3/h4-6,9-10H,7-8,16H2,1-3H3. The Balaban J connectivity index is 2.42. The summed E-state index contributed by atoms with van der Waals surface area (Å²) in [6.45, 7) is 1.42. The van der Waals surface area contributed by atoms with E-state index in [1.165, 1.54) is 0 Å². The summed E-state index contributed by atoms with van der Waals surface area (Å²) in [6, 6.07) is 7.42. The van der Waals surface area contributed by atoms with Gasteiger partial charge in [0.25, 0.3) is 0 Å². The third kappa shape index (κ3) is 3.22. The van der Waals surface area contributed by atoms with Crippen molar-refractivity contribution < 1.29 is 9.53 Å². The van der Waals surface area contributed by atoms with E-state index < -0.39 is 0 Å². The number of hydrogen-bond donors (Lipinski definition) is 1. The number of nitrogens with two attached hydrogens (primary N) is 1.